The van der Waals surface area contributed by atoms with Crippen LogP contribution in [0.1, 0.15) is 19.8 Å². The molecule has 0 aliphatic heterocycles. The lowest BCUT2D eigenvalue weighted by Crippen LogP contribution is -2.35. The third-order valence-electron chi connectivity index (χ3n) is 2.41. The maximum absolute atomic E-state index is 13.4. The molecule has 1 rings (SSSR count). The fourth-order valence-electron chi connectivity index (χ4n) is 1.50. The molecule has 108 valence electrons. The number of nitrogens with one attached hydrogen (secondary N) is 1. The minimum absolute atomic E-state index is 0. The van der Waals surface area contributed by atoms with Gasteiger partial charge in [-0.2, -0.15) is 0 Å². The summed E-state index contributed by atoms with van der Waals surface area (Å²) in [6, 6.07) is 1.28. The molecule has 0 heterocycles. The number of rotatable bonds is 5. The average molecular weight is 295 g/mol. The van der Waals surface area contributed by atoms with E-state index in [0.717, 1.165) is 25.7 Å². The third-order valence-corrected chi connectivity index (χ3v) is 2.41. The topological polar surface area (TPSA) is 64.4 Å². The van der Waals surface area contributed by atoms with Crippen molar-refractivity contribution in [2.24, 2.45) is 5.73 Å². The first-order chi connectivity index (χ1) is 8.49. The molecule has 0 bridgehead atoms. The van der Waals surface area contributed by atoms with E-state index < -0.39 is 29.3 Å². The van der Waals surface area contributed by atoms with Crippen LogP contribution in [0, 0.1) is 11.6 Å². The highest BCUT2D eigenvalue weighted by Crippen LogP contribution is 2.25. The predicted octanol–water partition coefficient (Wildman–Crippen LogP) is 2.46. The zero-order valence-electron chi connectivity index (χ0n) is 10.7. The van der Waals surface area contributed by atoms with Crippen LogP contribution in [0.2, 0.25) is 0 Å². The maximum Gasteiger partial charge on any atom is 0.241 e. The van der Waals surface area contributed by atoms with Crippen LogP contribution in [0.15, 0.2) is 12.1 Å². The number of amides is 1. The maximum atomic E-state index is 13.4. The first kappa shape index (κ1) is 17.6. The lowest BCUT2D eigenvalue weighted by molar-refractivity contribution is -0.117. The Morgan fingerprint density at radius 2 is 1.95 bits per heavy atom. The van der Waals surface area contributed by atoms with Gasteiger partial charge in [-0.1, -0.05) is 13.3 Å². The van der Waals surface area contributed by atoms with Gasteiger partial charge in [-0.25, -0.2) is 8.78 Å². The predicted molar refractivity (Wildman–Crippen MR) is 71.7 cm³/mol. The van der Waals surface area contributed by atoms with Crippen molar-refractivity contribution in [2.75, 3.05) is 12.4 Å². The van der Waals surface area contributed by atoms with E-state index in [4.69, 9.17) is 5.73 Å². The zero-order chi connectivity index (χ0) is 13.7. The Bertz CT molecular complexity index is 421. The molecule has 0 radical (unpaired) electrons. The molecule has 4 nitrogen and oxygen atoms in total. The highest BCUT2D eigenvalue weighted by molar-refractivity contribution is 5.94. The number of nitrogens with two attached hydrogens (primary N) is 1. The Morgan fingerprint density at radius 3 is 2.37 bits per heavy atom. The first-order valence-electron chi connectivity index (χ1n) is 5.59. The van der Waals surface area contributed by atoms with Crippen LogP contribution in [0.5, 0.6) is 5.75 Å². The number of hydrogen-bond donors (Lipinski definition) is 2. The van der Waals surface area contributed by atoms with E-state index >= 15 is 0 Å². The SMILES string of the molecule is CCCC(N)C(=O)Nc1cc(F)c(OC)c(F)c1.Cl. The average Bonchev–Trinajstić information content (AvgIpc) is 2.28. The van der Waals surface area contributed by atoms with Crippen molar-refractivity contribution < 1.29 is 18.3 Å². The Labute approximate surface area is 116 Å². The molecule has 0 saturated carbocycles. The second kappa shape index (κ2) is 7.91. The highest BCUT2D eigenvalue weighted by Gasteiger charge is 2.16. The summed E-state index contributed by atoms with van der Waals surface area (Å²) in [5.74, 6) is -2.71. The zero-order valence-corrected chi connectivity index (χ0v) is 11.5. The van der Waals surface area contributed by atoms with Crippen LogP contribution in [0.25, 0.3) is 0 Å². The molecule has 0 aliphatic rings. The molecule has 3 N–H and O–H groups in total. The van der Waals surface area contributed by atoms with Crippen LogP contribution in [-0.2, 0) is 4.79 Å². The van der Waals surface area contributed by atoms with Crippen molar-refractivity contribution in [1.29, 1.82) is 0 Å². The van der Waals surface area contributed by atoms with Gasteiger partial charge in [-0.05, 0) is 6.42 Å². The van der Waals surface area contributed by atoms with Gasteiger partial charge in [0, 0.05) is 17.8 Å². The molecule has 0 spiro atoms. The molecule has 19 heavy (non-hydrogen) atoms. The van der Waals surface area contributed by atoms with E-state index in [1.807, 2.05) is 6.92 Å². The Hall–Kier alpha value is -1.40. The molecular weight excluding hydrogens is 278 g/mol. The summed E-state index contributed by atoms with van der Waals surface area (Å²) >= 11 is 0. The second-order valence-corrected chi connectivity index (χ2v) is 3.86. The van der Waals surface area contributed by atoms with Crippen LogP contribution < -0.4 is 15.8 Å². The number of halogens is 3. The van der Waals surface area contributed by atoms with Gasteiger partial charge >= 0.3 is 0 Å². The van der Waals surface area contributed by atoms with Gasteiger partial charge in [0.2, 0.25) is 5.91 Å². The number of carbonyl (C=O) groups excluding carboxylic acids is 1. The Balaban J connectivity index is 0.00000324. The molecule has 0 aromatic heterocycles. The summed E-state index contributed by atoms with van der Waals surface area (Å²) in [4.78, 5) is 11.6. The monoisotopic (exact) mass is 294 g/mol. The van der Waals surface area contributed by atoms with E-state index in [-0.39, 0.29) is 18.1 Å². The van der Waals surface area contributed by atoms with Crippen molar-refractivity contribution in [2.45, 2.75) is 25.8 Å². The van der Waals surface area contributed by atoms with Crippen molar-refractivity contribution in [3.05, 3.63) is 23.8 Å². The molecule has 1 aromatic carbocycles. The minimum atomic E-state index is -0.878. The largest absolute Gasteiger partial charge is 0.491 e. The number of ether oxygens (including phenoxy) is 1. The summed E-state index contributed by atoms with van der Waals surface area (Å²) < 4.78 is 31.3. The van der Waals surface area contributed by atoms with Gasteiger partial charge in [0.05, 0.1) is 13.2 Å². The number of benzene rings is 1. The number of methoxy groups -OCH3 is 1. The van der Waals surface area contributed by atoms with E-state index in [1.165, 1.54) is 0 Å². The quantitative estimate of drug-likeness (QED) is 0.877. The number of anilines is 1. The van der Waals surface area contributed by atoms with Crippen molar-refractivity contribution >= 4 is 24.0 Å². The van der Waals surface area contributed by atoms with Crippen LogP contribution >= 0.6 is 12.4 Å². The second-order valence-electron chi connectivity index (χ2n) is 3.86. The molecule has 1 atom stereocenters. The van der Waals surface area contributed by atoms with Crippen LogP contribution in [0.4, 0.5) is 14.5 Å². The van der Waals surface area contributed by atoms with Gasteiger partial charge in [0.1, 0.15) is 0 Å². The lowest BCUT2D eigenvalue weighted by Gasteiger charge is -2.12. The fourth-order valence-corrected chi connectivity index (χ4v) is 1.50. The van der Waals surface area contributed by atoms with Crippen molar-refractivity contribution in [3.8, 4) is 5.75 Å². The van der Waals surface area contributed by atoms with Gasteiger partial charge in [0.15, 0.2) is 17.4 Å². The minimum Gasteiger partial charge on any atom is -0.491 e. The van der Waals surface area contributed by atoms with Crippen molar-refractivity contribution in [3.63, 3.8) is 0 Å². The fraction of sp³-hybridized carbons (Fsp3) is 0.417. The summed E-state index contributed by atoms with van der Waals surface area (Å²) in [6.07, 6.45) is 1.26. The number of hydrogen-bond acceptors (Lipinski definition) is 3. The van der Waals surface area contributed by atoms with Crippen LogP contribution in [-0.4, -0.2) is 19.1 Å². The standard InChI is InChI=1S/C12H16F2N2O2.ClH/c1-3-4-10(15)12(17)16-7-5-8(13)11(18-2)9(14)6-7;/h5-6,10H,3-4,15H2,1-2H3,(H,16,17);1H. The molecule has 7 heteroatoms. The summed E-state index contributed by atoms with van der Waals surface area (Å²) in [7, 11) is 1.16. The molecule has 1 unspecified atom stereocenters. The molecular formula is C12H17ClF2N2O2. The lowest BCUT2D eigenvalue weighted by atomic mass is 10.1. The molecule has 0 saturated heterocycles. The van der Waals surface area contributed by atoms with E-state index in [2.05, 4.69) is 10.1 Å². The first-order valence-corrected chi connectivity index (χ1v) is 5.59. The molecule has 0 fully saturated rings. The summed E-state index contributed by atoms with van der Waals surface area (Å²) in [6.45, 7) is 1.89. The van der Waals surface area contributed by atoms with Gasteiger partial charge in [0.25, 0.3) is 0 Å². The normalized spacial score (nSPS) is 11.4. The molecule has 0 aliphatic carbocycles. The Morgan fingerprint density at radius 1 is 1.42 bits per heavy atom. The van der Waals surface area contributed by atoms with Crippen molar-refractivity contribution in [1.82, 2.24) is 0 Å². The van der Waals surface area contributed by atoms with E-state index in [1.54, 1.807) is 0 Å². The van der Waals surface area contributed by atoms with Crippen LogP contribution in [0.3, 0.4) is 0 Å². The van der Waals surface area contributed by atoms with E-state index in [9.17, 15) is 13.6 Å². The van der Waals surface area contributed by atoms with E-state index in [0.29, 0.717) is 6.42 Å². The van der Waals surface area contributed by atoms with Gasteiger partial charge in [-0.3, -0.25) is 4.79 Å². The number of carbonyl (C=O) groups is 1. The molecule has 1 aromatic rings. The highest BCUT2D eigenvalue weighted by atomic mass is 35.5. The summed E-state index contributed by atoms with van der Waals surface area (Å²) in [5.41, 5.74) is 5.60. The summed E-state index contributed by atoms with van der Waals surface area (Å²) in [5, 5.41) is 2.36. The van der Waals surface area contributed by atoms with Gasteiger partial charge in [-0.15, -0.1) is 12.4 Å². The smallest absolute Gasteiger partial charge is 0.241 e. The Kier molecular flexibility index (Phi) is 7.33. The molecule has 1 amide bonds. The van der Waals surface area contributed by atoms with Gasteiger partial charge < -0.3 is 15.8 Å². The third kappa shape index (κ3) is 4.65.